The molecule has 1 aliphatic heterocycles. The Morgan fingerprint density at radius 3 is 2.68 bits per heavy atom. The number of hydrogen-bond donors (Lipinski definition) is 2. The fourth-order valence-corrected chi connectivity index (χ4v) is 5.40. The van der Waals surface area contributed by atoms with Gasteiger partial charge in [-0.25, -0.2) is 8.91 Å². The van der Waals surface area contributed by atoms with E-state index in [1.54, 1.807) is 37.6 Å². The van der Waals surface area contributed by atoms with Crippen LogP contribution in [0.5, 0.6) is 0 Å². The molecule has 13 heteroatoms. The Bertz CT molecular complexity index is 1360. The summed E-state index contributed by atoms with van der Waals surface area (Å²) < 4.78 is 68.2. The molecule has 37 heavy (non-hydrogen) atoms. The van der Waals surface area contributed by atoms with E-state index in [1.165, 1.54) is 16.8 Å². The van der Waals surface area contributed by atoms with Gasteiger partial charge in [0.15, 0.2) is 0 Å². The zero-order valence-corrected chi connectivity index (χ0v) is 22.2. The summed E-state index contributed by atoms with van der Waals surface area (Å²) >= 11 is -0.274. The Kier molecular flexibility index (Phi) is 8.07. The Balaban J connectivity index is 1.57. The molecule has 0 spiro atoms. The Morgan fingerprint density at radius 2 is 2.03 bits per heavy atom. The minimum Gasteiger partial charge on any atom is -0.373 e. The number of fused-ring (bicyclic) bond motifs is 1. The largest absolute Gasteiger partial charge is 0.446 e. The van der Waals surface area contributed by atoms with Crippen LogP contribution in [-0.4, -0.2) is 77.2 Å². The van der Waals surface area contributed by atoms with Crippen LogP contribution in [0.4, 0.5) is 29.1 Å². The van der Waals surface area contributed by atoms with Crippen molar-refractivity contribution < 1.29 is 22.1 Å². The average Bonchev–Trinajstić information content (AvgIpc) is 3.15. The molecule has 2 atom stereocenters. The molecule has 2 N–H and O–H groups in total. The molecule has 1 saturated heterocycles. The fourth-order valence-electron chi connectivity index (χ4n) is 3.95. The first-order valence-corrected chi connectivity index (χ1v) is 14.9. The normalized spacial score (nSPS) is 18.9. The molecule has 0 amide bonds. The molecule has 1 aliphatic rings. The molecule has 0 aliphatic carbocycles. The molecule has 0 radical (unpaired) electrons. The summed E-state index contributed by atoms with van der Waals surface area (Å²) in [7, 11) is -0.625. The van der Waals surface area contributed by atoms with Crippen LogP contribution < -0.4 is 16.1 Å². The van der Waals surface area contributed by atoms with Crippen LogP contribution in [0.1, 0.15) is 12.1 Å². The van der Waals surface area contributed by atoms with Crippen molar-refractivity contribution in [3.05, 3.63) is 42.2 Å². The molecule has 0 bridgehead atoms. The number of aromatic nitrogens is 3. The third-order valence-corrected chi connectivity index (χ3v) is 8.00. The van der Waals surface area contributed by atoms with Crippen molar-refractivity contribution in [2.24, 2.45) is 0 Å². The van der Waals surface area contributed by atoms with Gasteiger partial charge in [-0.3, -0.25) is 4.98 Å². The predicted molar refractivity (Wildman–Crippen MR) is 140 cm³/mol. The van der Waals surface area contributed by atoms with Gasteiger partial charge in [0, 0.05) is 13.1 Å². The smallest absolute Gasteiger partial charge is 0.373 e. The molecule has 3 aromatic heterocycles. The second-order valence-electron chi connectivity index (χ2n) is 9.16. The first-order valence-electron chi connectivity index (χ1n) is 11.5. The van der Waals surface area contributed by atoms with Gasteiger partial charge in [0.25, 0.3) is 0 Å². The molecule has 4 heterocycles. The predicted octanol–water partition coefficient (Wildman–Crippen LogP) is 4.51. The highest BCUT2D eigenvalue weighted by Crippen LogP contribution is 2.41. The van der Waals surface area contributed by atoms with E-state index in [0.717, 1.165) is 0 Å². The number of pyridine rings is 2. The van der Waals surface area contributed by atoms with E-state index in [4.69, 9.17) is 0 Å². The maximum Gasteiger partial charge on any atom is 0.446 e. The van der Waals surface area contributed by atoms with Crippen LogP contribution in [0.2, 0.25) is 0 Å². The first-order chi connectivity index (χ1) is 17.4. The Labute approximate surface area is 216 Å². The molecular formula is C24H27F4N6OPS. The zero-order valence-electron chi connectivity index (χ0n) is 20.5. The van der Waals surface area contributed by atoms with E-state index in [1.807, 2.05) is 11.9 Å². The number of nitrogens with one attached hydrogen (secondary N) is 2. The molecule has 0 aromatic carbocycles. The highest BCUT2D eigenvalue weighted by atomic mass is 32.2. The van der Waals surface area contributed by atoms with Gasteiger partial charge in [-0.05, 0) is 68.7 Å². The third-order valence-electron chi connectivity index (χ3n) is 5.80. The van der Waals surface area contributed by atoms with Gasteiger partial charge in [-0.1, -0.05) is 12.0 Å². The van der Waals surface area contributed by atoms with Crippen molar-refractivity contribution in [1.29, 1.82) is 0 Å². The highest BCUT2D eigenvalue weighted by molar-refractivity contribution is 8.00. The van der Waals surface area contributed by atoms with Crippen molar-refractivity contribution in [1.82, 2.24) is 19.5 Å². The molecular weight excluding hydrogens is 527 g/mol. The zero-order chi connectivity index (χ0) is 26.8. The number of halogens is 4. The number of alkyl halides is 4. The summed E-state index contributed by atoms with van der Waals surface area (Å²) in [6.45, 7) is 4.37. The lowest BCUT2D eigenvalue weighted by atomic mass is 10.0. The van der Waals surface area contributed by atoms with Gasteiger partial charge in [-0.2, -0.15) is 18.3 Å². The third kappa shape index (κ3) is 6.98. The highest BCUT2D eigenvalue weighted by Gasteiger charge is 2.33. The van der Waals surface area contributed by atoms with E-state index in [-0.39, 0.29) is 41.0 Å². The van der Waals surface area contributed by atoms with E-state index >= 15 is 0 Å². The van der Waals surface area contributed by atoms with Crippen LogP contribution >= 0.6 is 18.9 Å². The number of hydrogen-bond acceptors (Lipinski definition) is 7. The van der Waals surface area contributed by atoms with Gasteiger partial charge in [0.1, 0.15) is 24.8 Å². The van der Waals surface area contributed by atoms with Gasteiger partial charge in [0.2, 0.25) is 0 Å². The Hall–Kier alpha value is -2.74. The summed E-state index contributed by atoms with van der Waals surface area (Å²) in [5.74, 6) is 5.95. The SMILES string of the molecule is CN1CC[C@@H](Nc2cccc3c(SC(F)(F)F)c(C#CCNc4ccc(P(C)(C)=O)nc4)nn23)[C@@H](F)C1. The van der Waals surface area contributed by atoms with E-state index in [2.05, 4.69) is 32.6 Å². The summed E-state index contributed by atoms with van der Waals surface area (Å²) in [5, 5.41) is 10.5. The maximum atomic E-state index is 14.6. The first kappa shape index (κ1) is 27.3. The fraction of sp³-hybridized carbons (Fsp3) is 0.417. The van der Waals surface area contributed by atoms with E-state index in [9.17, 15) is 22.1 Å². The number of thioether (sulfide) groups is 1. The van der Waals surface area contributed by atoms with Crippen LogP contribution in [0, 0.1) is 11.8 Å². The average molecular weight is 555 g/mol. The molecule has 4 rings (SSSR count). The minimum atomic E-state index is -4.54. The lowest BCUT2D eigenvalue weighted by Crippen LogP contribution is -2.46. The summed E-state index contributed by atoms with van der Waals surface area (Å²) in [4.78, 5) is 5.97. The summed E-state index contributed by atoms with van der Waals surface area (Å²) in [5.41, 5.74) is -3.19. The second kappa shape index (κ2) is 10.9. The topological polar surface area (TPSA) is 74.6 Å². The van der Waals surface area contributed by atoms with Gasteiger partial charge in [-0.15, -0.1) is 0 Å². The number of likely N-dealkylation sites (tertiary alicyclic amines) is 1. The summed E-state index contributed by atoms with van der Waals surface area (Å²) in [6, 6.07) is 7.72. The molecule has 3 aromatic rings. The van der Waals surface area contributed by atoms with Crippen molar-refractivity contribution in [3.8, 4) is 11.8 Å². The van der Waals surface area contributed by atoms with Gasteiger partial charge < -0.3 is 20.1 Å². The number of piperidine rings is 1. The molecule has 7 nitrogen and oxygen atoms in total. The van der Waals surface area contributed by atoms with Crippen molar-refractivity contribution >= 4 is 41.4 Å². The number of nitrogens with zero attached hydrogens (tertiary/aromatic N) is 4. The minimum absolute atomic E-state index is 0.0232. The van der Waals surface area contributed by atoms with Crippen molar-refractivity contribution in [2.45, 2.75) is 29.0 Å². The number of anilines is 2. The molecule has 1 fully saturated rings. The van der Waals surface area contributed by atoms with Gasteiger partial charge in [0.05, 0.1) is 40.3 Å². The lowest BCUT2D eigenvalue weighted by molar-refractivity contribution is -0.0327. The van der Waals surface area contributed by atoms with Crippen molar-refractivity contribution in [3.63, 3.8) is 0 Å². The van der Waals surface area contributed by atoms with Crippen LogP contribution in [-0.2, 0) is 4.57 Å². The maximum absolute atomic E-state index is 14.6. The lowest BCUT2D eigenvalue weighted by Gasteiger charge is -2.33. The van der Waals surface area contributed by atoms with E-state index < -0.39 is 24.9 Å². The van der Waals surface area contributed by atoms with Gasteiger partial charge >= 0.3 is 5.51 Å². The number of rotatable bonds is 6. The molecule has 0 unspecified atom stereocenters. The van der Waals surface area contributed by atoms with Crippen LogP contribution in [0.15, 0.2) is 41.4 Å². The Morgan fingerprint density at radius 1 is 1.24 bits per heavy atom. The van der Waals surface area contributed by atoms with Crippen LogP contribution in [0.25, 0.3) is 5.52 Å². The van der Waals surface area contributed by atoms with Crippen molar-refractivity contribution in [2.75, 3.05) is 50.6 Å². The molecule has 198 valence electrons. The quantitative estimate of drug-likeness (QED) is 0.201. The standard InChI is InChI=1S/C24H27F4N6OPS/c1-33-13-11-18(17(25)15-33)31-21-8-4-7-20-23(37-24(26,27)28)19(32-34(20)21)6-5-12-29-16-9-10-22(30-14-16)36(2,3)35/h4,7-10,14,17-18,29,31H,11-13,15H2,1-3H3/t17-,18+/m0/s1. The monoisotopic (exact) mass is 554 g/mol. The second-order valence-corrected chi connectivity index (χ2v) is 13.4. The van der Waals surface area contributed by atoms with Crippen LogP contribution in [0.3, 0.4) is 0 Å². The molecule has 0 saturated carbocycles. The summed E-state index contributed by atoms with van der Waals surface area (Å²) in [6.07, 6.45) is 0.969. The van der Waals surface area contributed by atoms with E-state index in [0.29, 0.717) is 29.9 Å².